The van der Waals surface area contributed by atoms with Crippen LogP contribution in [-0.2, 0) is 4.74 Å². The summed E-state index contributed by atoms with van der Waals surface area (Å²) < 4.78 is 18.9. The normalized spacial score (nSPS) is 17.1. The zero-order valence-corrected chi connectivity index (χ0v) is 16.2. The second-order valence-corrected chi connectivity index (χ2v) is 7.03. The van der Waals surface area contributed by atoms with Crippen LogP contribution in [0.5, 0.6) is 0 Å². The van der Waals surface area contributed by atoms with Crippen molar-refractivity contribution in [1.29, 1.82) is 0 Å². The molecule has 1 aromatic rings. The van der Waals surface area contributed by atoms with Crippen LogP contribution in [0.15, 0.2) is 24.3 Å². The molecule has 1 aromatic carbocycles. The molecule has 0 radical (unpaired) electrons. The van der Waals surface area contributed by atoms with Crippen molar-refractivity contribution in [3.63, 3.8) is 0 Å². The number of Topliss-reactive ketones (excluding diaryl/α,β-unsaturated/α-hetero) is 1. The standard InChI is InChI=1S/C20H30FNO2.ClH/c1-3-4-16-24-20(2)11-14-22(15-12-20)13-5-6-19(23)17-7-9-18(21)10-8-17;/h7-10H,3-6,11-16H2,1-2H3;1H. The van der Waals surface area contributed by atoms with Crippen LogP contribution in [0.1, 0.15) is 62.7 Å². The Morgan fingerprint density at radius 3 is 2.44 bits per heavy atom. The first kappa shape index (κ1) is 22.1. The molecule has 0 amide bonds. The number of ketones is 1. The van der Waals surface area contributed by atoms with E-state index in [-0.39, 0.29) is 29.6 Å². The highest BCUT2D eigenvalue weighted by Gasteiger charge is 2.30. The lowest BCUT2D eigenvalue weighted by Gasteiger charge is -2.39. The molecule has 1 aliphatic heterocycles. The van der Waals surface area contributed by atoms with Crippen molar-refractivity contribution in [3.8, 4) is 0 Å². The van der Waals surface area contributed by atoms with Gasteiger partial charge in [-0.05, 0) is 63.4 Å². The Balaban J connectivity index is 0.00000312. The third kappa shape index (κ3) is 7.43. The van der Waals surface area contributed by atoms with Crippen molar-refractivity contribution in [3.05, 3.63) is 35.6 Å². The molecule has 0 atom stereocenters. The van der Waals surface area contributed by atoms with E-state index < -0.39 is 0 Å². The second-order valence-electron chi connectivity index (χ2n) is 7.03. The predicted molar refractivity (Wildman–Crippen MR) is 102 cm³/mol. The zero-order valence-electron chi connectivity index (χ0n) is 15.4. The highest BCUT2D eigenvalue weighted by Crippen LogP contribution is 2.26. The number of likely N-dealkylation sites (tertiary alicyclic amines) is 1. The number of carbonyl (C=O) groups excluding carboxylic acids is 1. The number of piperidine rings is 1. The fourth-order valence-electron chi connectivity index (χ4n) is 3.10. The van der Waals surface area contributed by atoms with Crippen LogP contribution in [-0.4, -0.2) is 42.5 Å². The van der Waals surface area contributed by atoms with Crippen LogP contribution >= 0.6 is 12.4 Å². The average molecular weight is 372 g/mol. The predicted octanol–water partition coefficient (Wildman–Crippen LogP) is 4.88. The van der Waals surface area contributed by atoms with Crippen LogP contribution in [0.4, 0.5) is 4.39 Å². The quantitative estimate of drug-likeness (QED) is 0.457. The van der Waals surface area contributed by atoms with Gasteiger partial charge in [-0.1, -0.05) is 13.3 Å². The maximum absolute atomic E-state index is 12.9. The van der Waals surface area contributed by atoms with Gasteiger partial charge in [0.05, 0.1) is 5.60 Å². The molecule has 1 aliphatic rings. The molecule has 0 N–H and O–H groups in total. The second kappa shape index (κ2) is 10.9. The van der Waals surface area contributed by atoms with Crippen molar-refractivity contribution >= 4 is 18.2 Å². The minimum absolute atomic E-state index is 0. The van der Waals surface area contributed by atoms with E-state index in [2.05, 4.69) is 18.7 Å². The third-order valence-electron chi connectivity index (χ3n) is 4.91. The lowest BCUT2D eigenvalue weighted by atomic mass is 9.93. The van der Waals surface area contributed by atoms with E-state index >= 15 is 0 Å². The van der Waals surface area contributed by atoms with Crippen LogP contribution in [0.25, 0.3) is 0 Å². The fraction of sp³-hybridized carbons (Fsp3) is 0.650. The lowest BCUT2D eigenvalue weighted by Crippen LogP contribution is -2.44. The van der Waals surface area contributed by atoms with Gasteiger partial charge in [0.15, 0.2) is 5.78 Å². The number of unbranched alkanes of at least 4 members (excludes halogenated alkanes) is 1. The molecule has 1 fully saturated rings. The Bertz CT molecular complexity index is 513. The van der Waals surface area contributed by atoms with Crippen molar-refractivity contribution in [2.75, 3.05) is 26.2 Å². The van der Waals surface area contributed by atoms with Gasteiger partial charge in [-0.25, -0.2) is 4.39 Å². The molecule has 3 nitrogen and oxygen atoms in total. The third-order valence-corrected chi connectivity index (χ3v) is 4.91. The minimum atomic E-state index is -0.302. The van der Waals surface area contributed by atoms with Gasteiger partial charge in [0.25, 0.3) is 0 Å². The molecule has 0 saturated carbocycles. The maximum Gasteiger partial charge on any atom is 0.162 e. The molecule has 1 saturated heterocycles. The lowest BCUT2D eigenvalue weighted by molar-refractivity contribution is -0.0718. The van der Waals surface area contributed by atoms with Crippen LogP contribution < -0.4 is 0 Å². The fourth-order valence-corrected chi connectivity index (χ4v) is 3.10. The molecule has 142 valence electrons. The summed E-state index contributed by atoms with van der Waals surface area (Å²) in [7, 11) is 0. The number of hydrogen-bond acceptors (Lipinski definition) is 3. The topological polar surface area (TPSA) is 29.5 Å². The number of carbonyl (C=O) groups is 1. The van der Waals surface area contributed by atoms with Crippen molar-refractivity contribution in [1.82, 2.24) is 4.90 Å². The molecule has 0 aliphatic carbocycles. The molecule has 25 heavy (non-hydrogen) atoms. The number of rotatable bonds is 9. The Morgan fingerprint density at radius 2 is 1.84 bits per heavy atom. The summed E-state index contributed by atoms with van der Waals surface area (Å²) in [5.74, 6) is -0.205. The Morgan fingerprint density at radius 1 is 1.20 bits per heavy atom. The first-order valence-corrected chi connectivity index (χ1v) is 9.17. The van der Waals surface area contributed by atoms with E-state index in [1.54, 1.807) is 12.1 Å². The summed E-state index contributed by atoms with van der Waals surface area (Å²) >= 11 is 0. The monoisotopic (exact) mass is 371 g/mol. The van der Waals surface area contributed by atoms with Crippen LogP contribution in [0.2, 0.25) is 0 Å². The maximum atomic E-state index is 12.9. The molecular weight excluding hydrogens is 341 g/mol. The van der Waals surface area contributed by atoms with E-state index in [1.165, 1.54) is 18.6 Å². The van der Waals surface area contributed by atoms with E-state index in [1.807, 2.05) is 0 Å². The number of benzene rings is 1. The van der Waals surface area contributed by atoms with E-state index in [0.29, 0.717) is 12.0 Å². The number of hydrogen-bond donors (Lipinski definition) is 0. The van der Waals surface area contributed by atoms with Gasteiger partial charge in [-0.15, -0.1) is 12.4 Å². The summed E-state index contributed by atoms with van der Waals surface area (Å²) in [5, 5.41) is 0. The average Bonchev–Trinajstić information content (AvgIpc) is 2.57. The molecule has 1 heterocycles. The van der Waals surface area contributed by atoms with Crippen LogP contribution in [0.3, 0.4) is 0 Å². The van der Waals surface area contributed by atoms with Gasteiger partial charge in [0.1, 0.15) is 5.82 Å². The van der Waals surface area contributed by atoms with Gasteiger partial charge < -0.3 is 9.64 Å². The smallest absolute Gasteiger partial charge is 0.162 e. The van der Waals surface area contributed by atoms with E-state index in [0.717, 1.165) is 51.9 Å². The summed E-state index contributed by atoms with van der Waals surface area (Å²) in [5.41, 5.74) is 0.627. The molecule has 2 rings (SSSR count). The molecule has 0 aromatic heterocycles. The van der Waals surface area contributed by atoms with Crippen molar-refractivity contribution in [2.45, 2.75) is 58.0 Å². The van der Waals surface area contributed by atoms with E-state index in [4.69, 9.17) is 4.74 Å². The SMILES string of the molecule is CCCCOC1(C)CCN(CCCC(=O)c2ccc(F)cc2)CC1.Cl. The van der Waals surface area contributed by atoms with E-state index in [9.17, 15) is 9.18 Å². The Kier molecular flexibility index (Phi) is 9.62. The number of halogens is 2. The number of ether oxygens (including phenoxy) is 1. The Labute approximate surface area is 157 Å². The zero-order chi connectivity index (χ0) is 17.4. The molecular formula is C20H31ClFNO2. The largest absolute Gasteiger partial charge is 0.375 e. The highest BCUT2D eigenvalue weighted by atomic mass is 35.5. The molecule has 0 spiro atoms. The van der Waals surface area contributed by atoms with Gasteiger partial charge in [0, 0.05) is 31.7 Å². The van der Waals surface area contributed by atoms with Crippen molar-refractivity contribution in [2.24, 2.45) is 0 Å². The van der Waals surface area contributed by atoms with Gasteiger partial charge in [-0.3, -0.25) is 4.79 Å². The summed E-state index contributed by atoms with van der Waals surface area (Å²) in [6, 6.07) is 5.82. The first-order valence-electron chi connectivity index (χ1n) is 9.17. The molecule has 0 bridgehead atoms. The summed E-state index contributed by atoms with van der Waals surface area (Å²) in [6.07, 6.45) is 5.79. The summed E-state index contributed by atoms with van der Waals surface area (Å²) in [6.45, 7) is 8.28. The van der Waals surface area contributed by atoms with Crippen molar-refractivity contribution < 1.29 is 13.9 Å². The Hall–Kier alpha value is -0.970. The van der Waals surface area contributed by atoms with Crippen LogP contribution in [0, 0.1) is 5.82 Å². The summed E-state index contributed by atoms with van der Waals surface area (Å²) in [4.78, 5) is 14.5. The molecule has 0 unspecified atom stereocenters. The highest BCUT2D eigenvalue weighted by molar-refractivity contribution is 5.95. The van der Waals surface area contributed by atoms with Gasteiger partial charge >= 0.3 is 0 Å². The first-order chi connectivity index (χ1) is 11.5. The van der Waals surface area contributed by atoms with Gasteiger partial charge in [0.2, 0.25) is 0 Å². The minimum Gasteiger partial charge on any atom is -0.375 e. The van der Waals surface area contributed by atoms with Gasteiger partial charge in [-0.2, -0.15) is 0 Å². The molecule has 5 heteroatoms. The number of nitrogens with zero attached hydrogens (tertiary/aromatic N) is 1.